The van der Waals surface area contributed by atoms with Gasteiger partial charge in [0.2, 0.25) is 0 Å². The van der Waals surface area contributed by atoms with Gasteiger partial charge < -0.3 is 10.6 Å². The first-order valence-electron chi connectivity index (χ1n) is 8.69. The van der Waals surface area contributed by atoms with Crippen LogP contribution in [0.5, 0.6) is 0 Å². The van der Waals surface area contributed by atoms with Gasteiger partial charge in [0.1, 0.15) is 0 Å². The first-order valence-corrected chi connectivity index (χ1v) is 8.69. The number of rotatable bonds is 3. The van der Waals surface area contributed by atoms with Crippen LogP contribution in [0.2, 0.25) is 0 Å². The minimum Gasteiger partial charge on any atom is -0.348 e. The molecule has 2 aliphatic heterocycles. The molecule has 2 aliphatic rings. The van der Waals surface area contributed by atoms with E-state index in [0.717, 1.165) is 37.8 Å². The Kier molecular flexibility index (Phi) is 5.48. The van der Waals surface area contributed by atoms with Crippen LogP contribution in [-0.4, -0.2) is 33.8 Å². The van der Waals surface area contributed by atoms with Crippen molar-refractivity contribution in [1.82, 2.24) is 20.4 Å². The quantitative estimate of drug-likeness (QED) is 0.831. The Morgan fingerprint density at radius 3 is 2.56 bits per heavy atom. The van der Waals surface area contributed by atoms with Gasteiger partial charge in [-0.15, -0.1) is 12.4 Å². The Hall–Kier alpha value is -2.06. The van der Waals surface area contributed by atoms with E-state index in [0.29, 0.717) is 12.1 Å². The van der Waals surface area contributed by atoms with Crippen LogP contribution in [0.15, 0.2) is 36.5 Å². The minimum atomic E-state index is -4.42. The molecule has 2 N–H and O–H groups in total. The summed E-state index contributed by atoms with van der Waals surface area (Å²) in [6, 6.07) is 7.42. The van der Waals surface area contributed by atoms with Gasteiger partial charge in [-0.05, 0) is 49.9 Å². The Morgan fingerprint density at radius 2 is 1.89 bits per heavy atom. The maximum Gasteiger partial charge on any atom is 0.416 e. The maximum absolute atomic E-state index is 12.8. The third-order valence-electron chi connectivity index (χ3n) is 5.07. The molecule has 2 bridgehead atoms. The number of fused-ring (bicyclic) bond motifs is 2. The smallest absolute Gasteiger partial charge is 0.348 e. The lowest BCUT2D eigenvalue weighted by atomic mass is 10.00. The van der Waals surface area contributed by atoms with Crippen LogP contribution in [0, 0.1) is 0 Å². The lowest BCUT2D eigenvalue weighted by Crippen LogP contribution is -2.48. The van der Waals surface area contributed by atoms with Gasteiger partial charge in [-0.2, -0.15) is 18.3 Å². The van der Waals surface area contributed by atoms with E-state index >= 15 is 0 Å². The van der Waals surface area contributed by atoms with Crippen molar-refractivity contribution in [2.45, 2.75) is 50.0 Å². The van der Waals surface area contributed by atoms with E-state index in [-0.39, 0.29) is 35.7 Å². The van der Waals surface area contributed by atoms with Crippen molar-refractivity contribution in [2.75, 3.05) is 0 Å². The Balaban J connectivity index is 0.00000210. The summed E-state index contributed by atoms with van der Waals surface area (Å²) in [5.41, 5.74) is -0.284. The highest BCUT2D eigenvalue weighted by Crippen LogP contribution is 2.30. The number of carbonyl (C=O) groups excluding carboxylic acids is 1. The average Bonchev–Trinajstić information content (AvgIpc) is 3.21. The summed E-state index contributed by atoms with van der Waals surface area (Å²) in [5.74, 6) is -0.290. The molecule has 27 heavy (non-hydrogen) atoms. The molecule has 3 heterocycles. The number of piperidine rings is 1. The number of hydrogen-bond acceptors (Lipinski definition) is 3. The van der Waals surface area contributed by atoms with Crippen molar-refractivity contribution in [3.8, 4) is 5.69 Å². The summed E-state index contributed by atoms with van der Waals surface area (Å²) in [5, 5.41) is 10.7. The molecule has 4 rings (SSSR count). The van der Waals surface area contributed by atoms with Crippen LogP contribution < -0.4 is 10.6 Å². The lowest BCUT2D eigenvalue weighted by molar-refractivity contribution is -0.137. The van der Waals surface area contributed by atoms with E-state index in [4.69, 9.17) is 0 Å². The number of aromatic nitrogens is 2. The molecular weight excluding hydrogens is 381 g/mol. The SMILES string of the molecule is Cl.O=C(NC1CC2CCC(C1)N2)c1ccn(-c2cccc(C(F)(F)F)c2)n1. The number of hydrogen-bond donors (Lipinski definition) is 2. The molecule has 1 aromatic heterocycles. The summed E-state index contributed by atoms with van der Waals surface area (Å²) in [6.07, 6.45) is 1.16. The second-order valence-electron chi connectivity index (χ2n) is 6.97. The van der Waals surface area contributed by atoms with Gasteiger partial charge in [0, 0.05) is 24.3 Å². The zero-order valence-corrected chi connectivity index (χ0v) is 15.2. The molecule has 0 spiro atoms. The number of nitrogens with one attached hydrogen (secondary N) is 2. The second kappa shape index (κ2) is 7.52. The summed E-state index contributed by atoms with van der Waals surface area (Å²) in [6.45, 7) is 0. The van der Waals surface area contributed by atoms with Gasteiger partial charge >= 0.3 is 6.18 Å². The van der Waals surface area contributed by atoms with Crippen LogP contribution in [0.25, 0.3) is 5.69 Å². The summed E-state index contributed by atoms with van der Waals surface area (Å²) in [7, 11) is 0. The number of benzene rings is 1. The van der Waals surface area contributed by atoms with Crippen molar-refractivity contribution >= 4 is 18.3 Å². The van der Waals surface area contributed by atoms with Gasteiger partial charge in [0.05, 0.1) is 11.3 Å². The molecule has 2 aromatic rings. The molecule has 146 valence electrons. The van der Waals surface area contributed by atoms with E-state index < -0.39 is 11.7 Å². The van der Waals surface area contributed by atoms with Crippen LogP contribution in [0.4, 0.5) is 13.2 Å². The highest BCUT2D eigenvalue weighted by Gasteiger charge is 2.34. The van der Waals surface area contributed by atoms with E-state index in [9.17, 15) is 18.0 Å². The third-order valence-corrected chi connectivity index (χ3v) is 5.07. The van der Waals surface area contributed by atoms with E-state index in [1.165, 1.54) is 29.1 Å². The van der Waals surface area contributed by atoms with Gasteiger partial charge in [0.15, 0.2) is 5.69 Å². The van der Waals surface area contributed by atoms with Gasteiger partial charge in [-0.3, -0.25) is 4.79 Å². The highest BCUT2D eigenvalue weighted by molar-refractivity contribution is 5.92. The fraction of sp³-hybridized carbons (Fsp3) is 0.444. The molecule has 1 amide bonds. The maximum atomic E-state index is 12.8. The molecule has 2 atom stereocenters. The molecule has 2 fully saturated rings. The third kappa shape index (κ3) is 4.27. The Labute approximate surface area is 160 Å². The molecule has 1 aromatic carbocycles. The summed E-state index contributed by atoms with van der Waals surface area (Å²) in [4.78, 5) is 12.4. The molecule has 2 unspecified atom stereocenters. The molecule has 5 nitrogen and oxygen atoms in total. The fourth-order valence-electron chi connectivity index (χ4n) is 3.85. The molecule has 2 saturated heterocycles. The van der Waals surface area contributed by atoms with Crippen molar-refractivity contribution in [3.05, 3.63) is 47.8 Å². The van der Waals surface area contributed by atoms with Gasteiger partial charge in [-0.1, -0.05) is 6.07 Å². The van der Waals surface area contributed by atoms with Crippen LogP contribution in [0.1, 0.15) is 41.7 Å². The van der Waals surface area contributed by atoms with Crippen LogP contribution >= 0.6 is 12.4 Å². The standard InChI is InChI=1S/C18H19F3N4O.ClH/c19-18(20,21)11-2-1-3-15(8-11)25-7-6-16(24-25)17(26)23-14-9-12-4-5-13(10-14)22-12;/h1-3,6-8,12-14,22H,4-5,9-10H2,(H,23,26);1H. The van der Waals surface area contributed by atoms with E-state index in [1.54, 1.807) is 0 Å². The van der Waals surface area contributed by atoms with E-state index in [2.05, 4.69) is 15.7 Å². The molecule has 9 heteroatoms. The number of alkyl halides is 3. The first-order chi connectivity index (χ1) is 12.4. The van der Waals surface area contributed by atoms with Crippen molar-refractivity contribution in [1.29, 1.82) is 0 Å². The number of amides is 1. The fourth-order valence-corrected chi connectivity index (χ4v) is 3.85. The Morgan fingerprint density at radius 1 is 1.19 bits per heavy atom. The molecule has 0 saturated carbocycles. The average molecular weight is 401 g/mol. The molecule has 0 radical (unpaired) electrons. The second-order valence-corrected chi connectivity index (χ2v) is 6.97. The van der Waals surface area contributed by atoms with Crippen molar-refractivity contribution in [2.24, 2.45) is 0 Å². The highest BCUT2D eigenvalue weighted by atomic mass is 35.5. The Bertz CT molecular complexity index is 811. The zero-order valence-electron chi connectivity index (χ0n) is 14.4. The first kappa shape index (κ1) is 19.7. The van der Waals surface area contributed by atoms with Crippen LogP contribution in [0.3, 0.4) is 0 Å². The number of carbonyl (C=O) groups is 1. The normalized spacial score (nSPS) is 24.3. The molecular formula is C18H20ClF3N4O. The summed E-state index contributed by atoms with van der Waals surface area (Å²) >= 11 is 0. The predicted octanol–water partition coefficient (Wildman–Crippen LogP) is 3.33. The largest absolute Gasteiger partial charge is 0.416 e. The zero-order chi connectivity index (χ0) is 18.3. The van der Waals surface area contributed by atoms with Crippen molar-refractivity contribution < 1.29 is 18.0 Å². The minimum absolute atomic E-state index is 0. The van der Waals surface area contributed by atoms with E-state index in [1.807, 2.05) is 0 Å². The number of halogens is 4. The molecule has 0 aliphatic carbocycles. The van der Waals surface area contributed by atoms with Gasteiger partial charge in [0.25, 0.3) is 5.91 Å². The lowest BCUT2D eigenvalue weighted by Gasteiger charge is -2.29. The monoisotopic (exact) mass is 400 g/mol. The predicted molar refractivity (Wildman–Crippen MR) is 96.2 cm³/mol. The number of nitrogens with zero attached hydrogens (tertiary/aromatic N) is 2. The van der Waals surface area contributed by atoms with Crippen molar-refractivity contribution in [3.63, 3.8) is 0 Å². The van der Waals surface area contributed by atoms with Crippen LogP contribution in [-0.2, 0) is 6.18 Å². The topological polar surface area (TPSA) is 59.0 Å². The van der Waals surface area contributed by atoms with Gasteiger partial charge in [-0.25, -0.2) is 4.68 Å². The summed E-state index contributed by atoms with van der Waals surface area (Å²) < 4.78 is 39.8.